The molecule has 0 amide bonds. The van der Waals surface area contributed by atoms with Crippen molar-refractivity contribution >= 4 is 14.1 Å². The number of hydrogen-bond acceptors (Lipinski definition) is 1. The van der Waals surface area contributed by atoms with Crippen LogP contribution in [0.15, 0.2) is 48.0 Å². The second-order valence-corrected chi connectivity index (χ2v) is 14.2. The molecule has 1 atom stereocenters. The van der Waals surface area contributed by atoms with Crippen LogP contribution in [-0.4, -0.2) is 15.2 Å². The Morgan fingerprint density at radius 1 is 1.00 bits per heavy atom. The van der Waals surface area contributed by atoms with Gasteiger partial charge >= 0.3 is 0 Å². The minimum atomic E-state index is -1.43. The molecule has 0 N–H and O–H groups in total. The highest BCUT2D eigenvalue weighted by molar-refractivity contribution is 6.78. The lowest BCUT2D eigenvalue weighted by Crippen LogP contribution is -2.36. The zero-order valence-electron chi connectivity index (χ0n) is 16.6. The standard InChI is InChI=1S/C23H30OSi/c1-16-12-13-21(24-4)19(14-16)23(2,3)20-15-17-10-8-9-11-18(17)22(20)25(5,6)7/h8-15,22H,1-7H3. The number of allylic oxidation sites excluding steroid dienone is 1. The maximum absolute atomic E-state index is 5.73. The molecule has 0 saturated carbocycles. The van der Waals surface area contributed by atoms with Gasteiger partial charge in [0.25, 0.3) is 0 Å². The molecule has 0 aliphatic heterocycles. The molecule has 1 aliphatic carbocycles. The first-order valence-electron chi connectivity index (χ1n) is 9.12. The van der Waals surface area contributed by atoms with E-state index in [1.165, 1.54) is 27.8 Å². The van der Waals surface area contributed by atoms with Gasteiger partial charge < -0.3 is 4.74 Å². The van der Waals surface area contributed by atoms with Crippen LogP contribution in [0.2, 0.25) is 19.6 Å². The first kappa shape index (κ1) is 18.0. The van der Waals surface area contributed by atoms with Crippen LogP contribution in [0.4, 0.5) is 0 Å². The molecule has 1 nitrogen and oxygen atoms in total. The van der Waals surface area contributed by atoms with Gasteiger partial charge in [-0.1, -0.05) is 87.1 Å². The van der Waals surface area contributed by atoms with E-state index in [9.17, 15) is 0 Å². The first-order chi connectivity index (χ1) is 11.7. The molecular formula is C23H30OSi. The summed E-state index contributed by atoms with van der Waals surface area (Å²) in [6.45, 7) is 14.3. The molecule has 2 aromatic carbocycles. The smallest absolute Gasteiger partial charge is 0.122 e. The third-order valence-corrected chi connectivity index (χ3v) is 7.90. The summed E-state index contributed by atoms with van der Waals surface area (Å²) in [5, 5.41) is 0. The van der Waals surface area contributed by atoms with Gasteiger partial charge in [-0.05, 0) is 24.1 Å². The summed E-state index contributed by atoms with van der Waals surface area (Å²) < 4.78 is 5.73. The number of ether oxygens (including phenoxy) is 1. The van der Waals surface area contributed by atoms with Gasteiger partial charge in [-0.15, -0.1) is 0 Å². The van der Waals surface area contributed by atoms with Crippen molar-refractivity contribution in [2.75, 3.05) is 7.11 Å². The molecule has 3 rings (SSSR count). The summed E-state index contributed by atoms with van der Waals surface area (Å²) in [7, 11) is 0.344. The maximum Gasteiger partial charge on any atom is 0.122 e. The van der Waals surface area contributed by atoms with Crippen LogP contribution in [0.1, 0.15) is 41.6 Å². The van der Waals surface area contributed by atoms with Crippen LogP contribution in [0.3, 0.4) is 0 Å². The van der Waals surface area contributed by atoms with Crippen molar-refractivity contribution < 1.29 is 4.74 Å². The molecular weight excluding hydrogens is 320 g/mol. The molecule has 0 spiro atoms. The van der Waals surface area contributed by atoms with Crippen LogP contribution in [0.25, 0.3) is 6.08 Å². The van der Waals surface area contributed by atoms with Crippen molar-refractivity contribution in [1.82, 2.24) is 0 Å². The molecule has 0 bridgehead atoms. The Morgan fingerprint density at radius 3 is 2.32 bits per heavy atom. The number of aryl methyl sites for hydroxylation is 1. The average molecular weight is 351 g/mol. The Hall–Kier alpha value is -1.80. The molecule has 25 heavy (non-hydrogen) atoms. The summed E-state index contributed by atoms with van der Waals surface area (Å²) in [6, 6.07) is 15.5. The van der Waals surface area contributed by atoms with Crippen molar-refractivity contribution in [2.24, 2.45) is 0 Å². The molecule has 0 radical (unpaired) electrons. The van der Waals surface area contributed by atoms with Gasteiger partial charge in [0.1, 0.15) is 5.75 Å². The summed E-state index contributed by atoms with van der Waals surface area (Å²) in [5.41, 5.74) is 7.49. The van der Waals surface area contributed by atoms with Gasteiger partial charge in [-0.25, -0.2) is 0 Å². The topological polar surface area (TPSA) is 9.23 Å². The van der Waals surface area contributed by atoms with Crippen LogP contribution in [0, 0.1) is 6.92 Å². The van der Waals surface area contributed by atoms with E-state index in [1.807, 2.05) is 0 Å². The lowest BCUT2D eigenvalue weighted by Gasteiger charge is -2.38. The second kappa shape index (κ2) is 6.17. The van der Waals surface area contributed by atoms with E-state index in [1.54, 1.807) is 7.11 Å². The van der Waals surface area contributed by atoms with Gasteiger partial charge in [-0.2, -0.15) is 0 Å². The Kier molecular flexibility index (Phi) is 4.44. The van der Waals surface area contributed by atoms with E-state index < -0.39 is 8.07 Å². The van der Waals surface area contributed by atoms with Crippen LogP contribution >= 0.6 is 0 Å². The SMILES string of the molecule is COc1ccc(C)cc1C(C)(C)C1=Cc2ccccc2C1[Si](C)(C)C. The number of methoxy groups -OCH3 is 1. The fourth-order valence-corrected chi connectivity index (χ4v) is 6.84. The summed E-state index contributed by atoms with van der Waals surface area (Å²) in [4.78, 5) is 0. The second-order valence-electron chi connectivity index (χ2n) is 8.86. The van der Waals surface area contributed by atoms with Gasteiger partial charge in [0.15, 0.2) is 0 Å². The first-order valence-corrected chi connectivity index (χ1v) is 12.7. The largest absolute Gasteiger partial charge is 0.496 e. The Bertz CT molecular complexity index is 824. The van der Waals surface area contributed by atoms with E-state index in [0.29, 0.717) is 5.54 Å². The summed E-state index contributed by atoms with van der Waals surface area (Å²) >= 11 is 0. The molecule has 0 heterocycles. The highest BCUT2D eigenvalue weighted by Crippen LogP contribution is 2.51. The fraction of sp³-hybridized carbons (Fsp3) is 0.391. The normalized spacial score (nSPS) is 17.2. The van der Waals surface area contributed by atoms with Crippen molar-refractivity contribution in [3.8, 4) is 5.75 Å². The number of rotatable bonds is 4. The Labute approximate surface area is 153 Å². The average Bonchev–Trinajstić information content (AvgIpc) is 2.95. The zero-order chi connectivity index (χ0) is 18.4. The third kappa shape index (κ3) is 3.08. The number of benzene rings is 2. The van der Waals surface area contributed by atoms with Crippen LogP contribution in [-0.2, 0) is 5.41 Å². The number of fused-ring (bicyclic) bond motifs is 1. The quantitative estimate of drug-likeness (QED) is 0.585. The van der Waals surface area contributed by atoms with Gasteiger partial charge in [0.05, 0.1) is 15.2 Å². The lowest BCUT2D eigenvalue weighted by molar-refractivity contribution is 0.399. The summed E-state index contributed by atoms with van der Waals surface area (Å²) in [5.74, 6) is 0.988. The predicted octanol–water partition coefficient (Wildman–Crippen LogP) is 6.34. The van der Waals surface area contributed by atoms with Crippen molar-refractivity contribution in [1.29, 1.82) is 0 Å². The maximum atomic E-state index is 5.73. The van der Waals surface area contributed by atoms with Crippen molar-refractivity contribution in [2.45, 2.75) is 51.4 Å². The predicted molar refractivity (Wildman–Crippen MR) is 111 cm³/mol. The van der Waals surface area contributed by atoms with Gasteiger partial charge in [-0.3, -0.25) is 0 Å². The van der Waals surface area contributed by atoms with Gasteiger partial charge in [0, 0.05) is 16.5 Å². The molecule has 0 fully saturated rings. The highest BCUT2D eigenvalue weighted by atomic mass is 28.3. The third-order valence-electron chi connectivity index (χ3n) is 5.55. The van der Waals surface area contributed by atoms with Crippen LogP contribution in [0.5, 0.6) is 5.75 Å². The van der Waals surface area contributed by atoms with E-state index in [4.69, 9.17) is 4.74 Å². The number of hydrogen-bond donors (Lipinski definition) is 0. The fourth-order valence-electron chi connectivity index (χ4n) is 4.26. The van der Waals surface area contributed by atoms with Crippen LogP contribution < -0.4 is 4.74 Å². The van der Waals surface area contributed by atoms with E-state index in [0.717, 1.165) is 5.75 Å². The Balaban J connectivity index is 2.19. The molecule has 0 saturated heterocycles. The minimum absolute atomic E-state index is 0.0681. The highest BCUT2D eigenvalue weighted by Gasteiger charge is 2.43. The van der Waals surface area contributed by atoms with Crippen molar-refractivity contribution in [3.05, 3.63) is 70.3 Å². The molecule has 132 valence electrons. The Morgan fingerprint density at radius 2 is 1.68 bits per heavy atom. The van der Waals surface area contributed by atoms with E-state index in [-0.39, 0.29) is 5.41 Å². The zero-order valence-corrected chi connectivity index (χ0v) is 17.6. The van der Waals surface area contributed by atoms with Crippen molar-refractivity contribution in [3.63, 3.8) is 0 Å². The minimum Gasteiger partial charge on any atom is -0.496 e. The summed E-state index contributed by atoms with van der Waals surface area (Å²) in [6.07, 6.45) is 2.44. The molecule has 1 aliphatic rings. The lowest BCUT2D eigenvalue weighted by atomic mass is 9.75. The molecule has 1 unspecified atom stereocenters. The monoisotopic (exact) mass is 350 g/mol. The molecule has 2 aromatic rings. The van der Waals surface area contributed by atoms with E-state index in [2.05, 4.69) is 89.0 Å². The van der Waals surface area contributed by atoms with Gasteiger partial charge in [0.2, 0.25) is 0 Å². The molecule has 2 heteroatoms. The van der Waals surface area contributed by atoms with E-state index >= 15 is 0 Å². The molecule has 0 aromatic heterocycles.